The highest BCUT2D eigenvalue weighted by Gasteiger charge is 2.19. The highest BCUT2D eigenvalue weighted by Crippen LogP contribution is 2.17. The van der Waals surface area contributed by atoms with Gasteiger partial charge in [-0.05, 0) is 44.1 Å². The van der Waals surface area contributed by atoms with Crippen molar-refractivity contribution in [3.63, 3.8) is 0 Å². The van der Waals surface area contributed by atoms with E-state index in [1.54, 1.807) is 0 Å². The fraction of sp³-hybridized carbons (Fsp3) is 0.407. The van der Waals surface area contributed by atoms with Crippen LogP contribution in [0.25, 0.3) is 11.2 Å². The van der Waals surface area contributed by atoms with Crippen LogP contribution in [0.4, 0.5) is 0 Å². The molecule has 0 atom stereocenters. The molecule has 14 nitrogen and oxygen atoms in total. The first-order chi connectivity index (χ1) is 19.6. The van der Waals surface area contributed by atoms with Crippen LogP contribution in [0.1, 0.15) is 24.7 Å². The molecular weight excluding hydrogens is 538 g/mol. The largest absolute Gasteiger partial charge is 0.473 e. The van der Waals surface area contributed by atoms with E-state index in [4.69, 9.17) is 49.3 Å². The summed E-state index contributed by atoms with van der Waals surface area (Å²) in [6.07, 6.45) is 3.03. The minimum Gasteiger partial charge on any atom is -0.473 e. The van der Waals surface area contributed by atoms with Crippen LogP contribution in [0.15, 0.2) is 48.7 Å². The fourth-order valence-electron chi connectivity index (χ4n) is 4.04. The van der Waals surface area contributed by atoms with E-state index in [1.165, 1.54) is 12.0 Å². The third-order valence-electron chi connectivity index (χ3n) is 5.91. The lowest BCUT2D eigenvalue weighted by Gasteiger charge is -2.22. The van der Waals surface area contributed by atoms with Crippen molar-refractivity contribution >= 4 is 35.0 Å². The van der Waals surface area contributed by atoms with E-state index in [1.807, 2.05) is 25.3 Å². The molecule has 0 spiro atoms. The molecule has 0 saturated carbocycles. The molecule has 4 rings (SSSR count). The third-order valence-corrected chi connectivity index (χ3v) is 5.91. The number of aromatic nitrogens is 3. The zero-order valence-electron chi connectivity index (χ0n) is 22.8. The second kappa shape index (κ2) is 17.3. The summed E-state index contributed by atoms with van der Waals surface area (Å²) in [5.74, 6) is -6.20. The van der Waals surface area contributed by atoms with E-state index < -0.39 is 23.9 Å². The van der Waals surface area contributed by atoms with Crippen LogP contribution in [0.5, 0.6) is 0 Å². The number of hydrogen-bond donors (Lipinski definition) is 4. The summed E-state index contributed by atoms with van der Waals surface area (Å²) in [6, 6.07) is 14.8. The zero-order valence-corrected chi connectivity index (χ0v) is 22.8. The summed E-state index contributed by atoms with van der Waals surface area (Å²) in [5, 5.41) is 29.6. The van der Waals surface area contributed by atoms with Crippen molar-refractivity contribution in [1.82, 2.24) is 24.3 Å². The van der Waals surface area contributed by atoms with Crippen LogP contribution >= 0.6 is 0 Å². The first-order valence-corrected chi connectivity index (χ1v) is 12.9. The average Bonchev–Trinajstić information content (AvgIpc) is 3.13. The van der Waals surface area contributed by atoms with Gasteiger partial charge in [0.25, 0.3) is 0 Å². The van der Waals surface area contributed by atoms with E-state index in [9.17, 15) is 0 Å². The summed E-state index contributed by atoms with van der Waals surface area (Å²) < 4.78 is 7.83. The van der Waals surface area contributed by atoms with Crippen LogP contribution in [-0.2, 0) is 43.5 Å². The Labute approximate surface area is 236 Å². The number of imidazole rings is 1. The number of rotatable bonds is 8. The number of nitrogens with zero attached hydrogens (tertiary/aromatic N) is 5. The van der Waals surface area contributed by atoms with Gasteiger partial charge in [-0.2, -0.15) is 0 Å². The minimum atomic E-state index is -1.82. The van der Waals surface area contributed by atoms with Gasteiger partial charge in [0.1, 0.15) is 11.3 Å². The molecule has 0 radical (unpaired) electrons. The van der Waals surface area contributed by atoms with Crippen LogP contribution in [0.3, 0.4) is 0 Å². The summed E-state index contributed by atoms with van der Waals surface area (Å²) in [4.78, 5) is 51.0. The Balaban J connectivity index is 0.000000413. The quantitative estimate of drug-likeness (QED) is 0.224. The standard InChI is InChI=1S/C23H31N5O.2C2H2O4/c1-2-29-17-16-28-22(25-21-10-6-11-24-23(21)28)19-27-13-7-12-26(14-15-27)18-20-8-4-3-5-9-20;2*3-1(4)2(5)6/h3-6,8-11H,2,7,12-19H2,1H3;2*(H,3,4)(H,5,6). The second-order valence-corrected chi connectivity index (χ2v) is 8.83. The Hall–Kier alpha value is -4.40. The van der Waals surface area contributed by atoms with Crippen molar-refractivity contribution in [3.05, 3.63) is 60.0 Å². The highest BCUT2D eigenvalue weighted by molar-refractivity contribution is 6.27. The SMILES string of the molecule is CCOCCn1c(CN2CCCN(Cc3ccccc3)CC2)nc2cccnc21.O=C(O)C(=O)O.O=C(O)C(=O)O. The number of carboxylic acid groups (broad SMARTS) is 4. The first kappa shape index (κ1) is 32.8. The predicted octanol–water partition coefficient (Wildman–Crippen LogP) is 1.49. The van der Waals surface area contributed by atoms with Gasteiger partial charge < -0.3 is 29.7 Å². The van der Waals surface area contributed by atoms with Crippen molar-refractivity contribution in [2.75, 3.05) is 39.4 Å². The Morgan fingerprint density at radius 1 is 0.805 bits per heavy atom. The fourth-order valence-corrected chi connectivity index (χ4v) is 4.04. The van der Waals surface area contributed by atoms with Crippen molar-refractivity contribution in [2.24, 2.45) is 0 Å². The second-order valence-electron chi connectivity index (χ2n) is 8.83. The molecule has 0 unspecified atom stereocenters. The van der Waals surface area contributed by atoms with Gasteiger partial charge in [0, 0.05) is 39.0 Å². The molecule has 222 valence electrons. The molecule has 1 aliphatic heterocycles. The van der Waals surface area contributed by atoms with Crippen molar-refractivity contribution in [2.45, 2.75) is 33.0 Å². The lowest BCUT2D eigenvalue weighted by molar-refractivity contribution is -0.159. The number of ether oxygens (including phenoxy) is 1. The van der Waals surface area contributed by atoms with E-state index in [2.05, 4.69) is 49.7 Å². The number of pyridine rings is 1. The van der Waals surface area contributed by atoms with Crippen molar-refractivity contribution in [3.8, 4) is 0 Å². The smallest absolute Gasteiger partial charge is 0.414 e. The van der Waals surface area contributed by atoms with Crippen molar-refractivity contribution < 1.29 is 44.3 Å². The maximum Gasteiger partial charge on any atom is 0.414 e. The van der Waals surface area contributed by atoms with Crippen LogP contribution in [0.2, 0.25) is 0 Å². The number of benzene rings is 1. The number of hydrogen-bond acceptors (Lipinski definition) is 9. The summed E-state index contributed by atoms with van der Waals surface area (Å²) in [6.45, 7) is 10.6. The molecule has 2 aromatic heterocycles. The van der Waals surface area contributed by atoms with Crippen molar-refractivity contribution in [1.29, 1.82) is 0 Å². The molecule has 14 heteroatoms. The van der Waals surface area contributed by atoms with E-state index in [-0.39, 0.29) is 0 Å². The molecule has 0 aliphatic carbocycles. The lowest BCUT2D eigenvalue weighted by atomic mass is 10.2. The Bertz CT molecular complexity index is 1230. The molecule has 3 heterocycles. The highest BCUT2D eigenvalue weighted by atomic mass is 16.5. The molecule has 0 bridgehead atoms. The van der Waals surface area contributed by atoms with Crippen LogP contribution < -0.4 is 0 Å². The molecule has 4 N–H and O–H groups in total. The lowest BCUT2D eigenvalue weighted by Crippen LogP contribution is -2.31. The van der Waals surface area contributed by atoms with E-state index >= 15 is 0 Å². The predicted molar refractivity (Wildman–Crippen MR) is 146 cm³/mol. The molecule has 1 saturated heterocycles. The monoisotopic (exact) mass is 573 g/mol. The molecule has 1 fully saturated rings. The normalized spacial score (nSPS) is 13.7. The Kier molecular flexibility index (Phi) is 13.9. The van der Waals surface area contributed by atoms with Crippen LogP contribution in [-0.4, -0.2) is 108 Å². The zero-order chi connectivity index (χ0) is 30.2. The number of aliphatic carboxylic acids is 4. The number of fused-ring (bicyclic) bond motifs is 1. The van der Waals surface area contributed by atoms with Gasteiger partial charge in [0.05, 0.1) is 13.2 Å². The van der Waals surface area contributed by atoms with Gasteiger partial charge >= 0.3 is 23.9 Å². The van der Waals surface area contributed by atoms with Gasteiger partial charge in [-0.1, -0.05) is 30.3 Å². The molecule has 0 amide bonds. The van der Waals surface area contributed by atoms with Gasteiger partial charge in [-0.3, -0.25) is 9.80 Å². The topological polar surface area (TPSA) is 196 Å². The van der Waals surface area contributed by atoms with Gasteiger partial charge in [-0.15, -0.1) is 0 Å². The molecule has 41 heavy (non-hydrogen) atoms. The summed E-state index contributed by atoms with van der Waals surface area (Å²) in [5.41, 5.74) is 3.33. The van der Waals surface area contributed by atoms with Gasteiger partial charge in [0.2, 0.25) is 0 Å². The summed E-state index contributed by atoms with van der Waals surface area (Å²) in [7, 11) is 0. The van der Waals surface area contributed by atoms with Gasteiger partial charge in [0.15, 0.2) is 5.65 Å². The first-order valence-electron chi connectivity index (χ1n) is 12.9. The maximum absolute atomic E-state index is 9.10. The number of carbonyl (C=O) groups is 4. The number of carboxylic acids is 4. The summed E-state index contributed by atoms with van der Waals surface area (Å²) >= 11 is 0. The molecule has 3 aromatic rings. The molecular formula is C27H35N5O9. The van der Waals surface area contributed by atoms with Crippen LogP contribution in [0, 0.1) is 0 Å². The maximum atomic E-state index is 9.10. The Morgan fingerprint density at radius 2 is 1.39 bits per heavy atom. The molecule has 1 aromatic carbocycles. The minimum absolute atomic E-state index is 0.691. The van der Waals surface area contributed by atoms with E-state index in [0.717, 1.165) is 69.4 Å². The Morgan fingerprint density at radius 3 is 1.95 bits per heavy atom. The molecule has 1 aliphatic rings. The van der Waals surface area contributed by atoms with Gasteiger partial charge in [-0.25, -0.2) is 29.1 Å². The average molecular weight is 574 g/mol. The third kappa shape index (κ3) is 11.7. The van der Waals surface area contributed by atoms with E-state index in [0.29, 0.717) is 6.61 Å².